The van der Waals surface area contributed by atoms with Crippen molar-refractivity contribution >= 4 is 53.7 Å². The molecule has 5 nitrogen and oxygen atoms in total. The maximum atomic E-state index is 14.6. The standard InChI is InChI=1S/C22H31F2IN2O3SSi/c1-21(2,3)30-20(28)27(14-29-11-12-32(5,6)7)19-26-22(4,13-17(25)31-19)15-9-8-10-16(23)18(15)24/h8-10,13H,11-12,14H2,1-7H3/t22-/m0/s1. The summed E-state index contributed by atoms with van der Waals surface area (Å²) in [6, 6.07) is 4.96. The van der Waals surface area contributed by atoms with E-state index in [2.05, 4.69) is 47.2 Å². The Morgan fingerprint density at radius 3 is 2.53 bits per heavy atom. The van der Waals surface area contributed by atoms with Gasteiger partial charge in [-0.05, 0) is 80.2 Å². The number of halogens is 3. The molecular formula is C22H31F2IN2O3SSi. The van der Waals surface area contributed by atoms with Gasteiger partial charge >= 0.3 is 6.09 Å². The zero-order valence-corrected chi connectivity index (χ0v) is 23.6. The van der Waals surface area contributed by atoms with Gasteiger partial charge in [0.15, 0.2) is 16.8 Å². The van der Waals surface area contributed by atoms with Crippen LogP contribution in [0.15, 0.2) is 32.2 Å². The number of amidine groups is 1. The van der Waals surface area contributed by atoms with Gasteiger partial charge in [0.25, 0.3) is 0 Å². The van der Waals surface area contributed by atoms with Gasteiger partial charge in [-0.1, -0.05) is 31.8 Å². The zero-order valence-electron chi connectivity index (χ0n) is 19.6. The van der Waals surface area contributed by atoms with E-state index in [4.69, 9.17) is 9.47 Å². The number of carbonyl (C=O) groups is 1. The molecule has 178 valence electrons. The molecule has 0 saturated heterocycles. The van der Waals surface area contributed by atoms with Gasteiger partial charge in [-0.25, -0.2) is 23.5 Å². The first-order valence-electron chi connectivity index (χ1n) is 10.3. The molecular weight excluding hydrogens is 565 g/mol. The van der Waals surface area contributed by atoms with E-state index in [9.17, 15) is 13.6 Å². The lowest BCUT2D eigenvalue weighted by Crippen LogP contribution is -2.43. The molecule has 1 heterocycles. The largest absolute Gasteiger partial charge is 0.443 e. The SMILES string of the molecule is CC(C)(C)OC(=O)N(COCC[Si](C)(C)C)C1=N[C@](C)(c2cccc(F)c2F)C=C(I)S1. The van der Waals surface area contributed by atoms with E-state index in [0.717, 1.165) is 15.0 Å². The highest BCUT2D eigenvalue weighted by molar-refractivity contribution is 14.1. The Labute approximate surface area is 208 Å². The van der Waals surface area contributed by atoms with Crippen LogP contribution in [-0.2, 0) is 15.0 Å². The molecule has 0 fully saturated rings. The van der Waals surface area contributed by atoms with E-state index in [1.807, 2.05) is 0 Å². The fourth-order valence-corrected chi connectivity index (χ4v) is 5.67. The first-order valence-corrected chi connectivity index (χ1v) is 15.9. The highest BCUT2D eigenvalue weighted by atomic mass is 127. The predicted octanol–water partition coefficient (Wildman–Crippen LogP) is 7.11. The number of nitrogens with zero attached hydrogens (tertiary/aromatic N) is 2. The maximum Gasteiger partial charge on any atom is 0.418 e. The first kappa shape index (κ1) is 27.3. The molecule has 1 amide bonds. The normalized spacial score (nSPS) is 19.3. The summed E-state index contributed by atoms with van der Waals surface area (Å²) in [6.45, 7) is 14.2. The van der Waals surface area contributed by atoms with Gasteiger partial charge in [-0.3, -0.25) is 0 Å². The molecule has 0 aliphatic carbocycles. The Morgan fingerprint density at radius 1 is 1.28 bits per heavy atom. The second-order valence-corrected chi connectivity index (χ2v) is 18.5. The smallest absolute Gasteiger partial charge is 0.418 e. The lowest BCUT2D eigenvalue weighted by molar-refractivity contribution is 0.0111. The molecule has 0 radical (unpaired) electrons. The summed E-state index contributed by atoms with van der Waals surface area (Å²) >= 11 is 3.35. The molecule has 1 aromatic carbocycles. The van der Waals surface area contributed by atoms with Crippen LogP contribution in [0.1, 0.15) is 33.3 Å². The van der Waals surface area contributed by atoms with Crippen LogP contribution in [0.5, 0.6) is 0 Å². The molecule has 1 aliphatic heterocycles. The van der Waals surface area contributed by atoms with E-state index in [1.54, 1.807) is 33.8 Å². The third-order valence-corrected chi connectivity index (χ3v) is 7.95. The lowest BCUT2D eigenvalue weighted by atomic mass is 9.92. The molecule has 0 unspecified atom stereocenters. The minimum atomic E-state index is -1.31. The van der Waals surface area contributed by atoms with Crippen LogP contribution in [0.4, 0.5) is 13.6 Å². The van der Waals surface area contributed by atoms with Gasteiger partial charge in [0.2, 0.25) is 0 Å². The van der Waals surface area contributed by atoms with E-state index in [0.29, 0.717) is 11.8 Å². The first-order chi connectivity index (χ1) is 14.6. The van der Waals surface area contributed by atoms with Crippen LogP contribution in [-0.4, -0.2) is 43.2 Å². The molecule has 2 rings (SSSR count). The van der Waals surface area contributed by atoms with Gasteiger partial charge in [0.05, 0.1) is 2.91 Å². The summed E-state index contributed by atoms with van der Waals surface area (Å²) in [6.07, 6.45) is 1.14. The Kier molecular flexibility index (Phi) is 8.96. The summed E-state index contributed by atoms with van der Waals surface area (Å²) in [5.41, 5.74) is -1.82. The van der Waals surface area contributed by atoms with Gasteiger partial charge < -0.3 is 9.47 Å². The van der Waals surface area contributed by atoms with Crippen LogP contribution in [0.25, 0.3) is 0 Å². The summed E-state index contributed by atoms with van der Waals surface area (Å²) in [5.74, 6) is -1.90. The molecule has 0 spiro atoms. The number of aliphatic imine (C=N–C) groups is 1. The van der Waals surface area contributed by atoms with Crippen molar-refractivity contribution in [3.63, 3.8) is 0 Å². The summed E-state index contributed by atoms with van der Waals surface area (Å²) in [4.78, 5) is 19.0. The third kappa shape index (κ3) is 7.81. The molecule has 0 bridgehead atoms. The molecule has 32 heavy (non-hydrogen) atoms. The molecule has 1 aromatic rings. The molecule has 0 aromatic heterocycles. The van der Waals surface area contributed by atoms with E-state index < -0.39 is 36.9 Å². The van der Waals surface area contributed by atoms with Crippen molar-refractivity contribution in [1.29, 1.82) is 0 Å². The number of amides is 1. The Bertz CT molecular complexity index is 915. The van der Waals surface area contributed by atoms with Gasteiger partial charge in [-0.15, -0.1) is 0 Å². The van der Waals surface area contributed by atoms with Crippen molar-refractivity contribution in [2.45, 2.75) is 64.5 Å². The van der Waals surface area contributed by atoms with Crippen LogP contribution in [0.2, 0.25) is 25.7 Å². The second-order valence-electron chi connectivity index (χ2n) is 9.95. The van der Waals surface area contributed by atoms with Gasteiger partial charge in [0, 0.05) is 20.2 Å². The topological polar surface area (TPSA) is 51.1 Å². The van der Waals surface area contributed by atoms with Gasteiger partial charge in [-0.2, -0.15) is 0 Å². The number of hydrogen-bond donors (Lipinski definition) is 0. The number of ether oxygens (including phenoxy) is 2. The highest BCUT2D eigenvalue weighted by Crippen LogP contribution is 2.42. The Morgan fingerprint density at radius 2 is 1.94 bits per heavy atom. The van der Waals surface area contributed by atoms with E-state index in [1.165, 1.54) is 28.8 Å². The van der Waals surface area contributed by atoms with Crippen molar-refractivity contribution in [3.05, 3.63) is 44.4 Å². The number of benzene rings is 1. The molecule has 1 aliphatic rings. The summed E-state index contributed by atoms with van der Waals surface area (Å²) in [5, 5.41) is 0.310. The van der Waals surface area contributed by atoms with Crippen molar-refractivity contribution < 1.29 is 23.0 Å². The lowest BCUT2D eigenvalue weighted by Gasteiger charge is -2.33. The van der Waals surface area contributed by atoms with Gasteiger partial charge in [0.1, 0.15) is 17.9 Å². The van der Waals surface area contributed by atoms with Crippen LogP contribution in [0.3, 0.4) is 0 Å². The number of hydrogen-bond acceptors (Lipinski definition) is 5. The molecule has 10 heteroatoms. The number of thioether (sulfide) groups is 1. The molecule has 0 N–H and O–H groups in total. The van der Waals surface area contributed by atoms with Crippen LogP contribution in [0, 0.1) is 11.6 Å². The third-order valence-electron chi connectivity index (χ3n) is 4.47. The number of carbonyl (C=O) groups excluding carboxylic acids is 1. The fourth-order valence-electron chi connectivity index (χ4n) is 2.78. The average Bonchev–Trinajstić information content (AvgIpc) is 2.60. The van der Waals surface area contributed by atoms with Crippen LogP contribution < -0.4 is 0 Å². The van der Waals surface area contributed by atoms with Crippen LogP contribution >= 0.6 is 34.4 Å². The van der Waals surface area contributed by atoms with Crippen molar-refractivity contribution in [2.24, 2.45) is 4.99 Å². The van der Waals surface area contributed by atoms with Crippen molar-refractivity contribution in [2.75, 3.05) is 13.3 Å². The van der Waals surface area contributed by atoms with E-state index >= 15 is 0 Å². The summed E-state index contributed by atoms with van der Waals surface area (Å²) in [7, 11) is -1.31. The van der Waals surface area contributed by atoms with Crippen molar-refractivity contribution in [1.82, 2.24) is 4.90 Å². The minimum absolute atomic E-state index is 0.0448. The Balaban J connectivity index is 2.39. The summed E-state index contributed by atoms with van der Waals surface area (Å²) < 4.78 is 40.7. The fraction of sp³-hybridized carbons (Fsp3) is 0.545. The predicted molar refractivity (Wildman–Crippen MR) is 138 cm³/mol. The molecule has 1 atom stereocenters. The zero-order chi connectivity index (χ0) is 24.3. The maximum absolute atomic E-state index is 14.6. The van der Waals surface area contributed by atoms with E-state index in [-0.39, 0.29) is 12.3 Å². The van der Waals surface area contributed by atoms with Crippen molar-refractivity contribution in [3.8, 4) is 0 Å². The average molecular weight is 597 g/mol. The minimum Gasteiger partial charge on any atom is -0.443 e. The highest BCUT2D eigenvalue weighted by Gasteiger charge is 2.36. The quantitative estimate of drug-likeness (QED) is 0.152. The Hall–Kier alpha value is -0.983. The number of rotatable bonds is 6. The molecule has 0 saturated carbocycles. The second kappa shape index (κ2) is 10.5. The monoisotopic (exact) mass is 596 g/mol.